The summed E-state index contributed by atoms with van der Waals surface area (Å²) in [6.07, 6.45) is 0.520. The Labute approximate surface area is 76.6 Å². The Morgan fingerprint density at radius 3 is 2.38 bits per heavy atom. The molecule has 0 aromatic heterocycles. The summed E-state index contributed by atoms with van der Waals surface area (Å²) in [5, 5.41) is 18.7. The van der Waals surface area contributed by atoms with Gasteiger partial charge in [0.15, 0.2) is 5.60 Å². The number of hydrogen-bond donors (Lipinski definition) is 2. The SMILES string of the molecule is CC1(C)CCC(=O)CC1(O)C(=O)O. The smallest absolute Gasteiger partial charge is 0.336 e. The lowest BCUT2D eigenvalue weighted by atomic mass is 9.65. The largest absolute Gasteiger partial charge is 0.479 e. The van der Waals surface area contributed by atoms with Crippen LogP contribution in [0.25, 0.3) is 0 Å². The van der Waals surface area contributed by atoms with E-state index >= 15 is 0 Å². The van der Waals surface area contributed by atoms with E-state index in [1.807, 2.05) is 0 Å². The first kappa shape index (κ1) is 10.2. The molecule has 2 N–H and O–H groups in total. The first-order valence-electron chi connectivity index (χ1n) is 4.27. The molecule has 0 aliphatic heterocycles. The van der Waals surface area contributed by atoms with Gasteiger partial charge in [-0.1, -0.05) is 13.8 Å². The fraction of sp³-hybridized carbons (Fsp3) is 0.778. The van der Waals surface area contributed by atoms with Crippen molar-refractivity contribution in [3.63, 3.8) is 0 Å². The Morgan fingerprint density at radius 2 is 2.00 bits per heavy atom. The molecule has 1 aliphatic rings. The summed E-state index contributed by atoms with van der Waals surface area (Å²) in [5.74, 6) is -1.48. The molecule has 0 bridgehead atoms. The Kier molecular flexibility index (Phi) is 2.20. The molecule has 74 valence electrons. The third-order valence-corrected chi connectivity index (χ3v) is 2.96. The quantitative estimate of drug-likeness (QED) is 0.628. The molecule has 4 nitrogen and oxygen atoms in total. The third kappa shape index (κ3) is 1.46. The molecule has 1 fully saturated rings. The molecule has 13 heavy (non-hydrogen) atoms. The molecule has 0 spiro atoms. The van der Waals surface area contributed by atoms with Gasteiger partial charge >= 0.3 is 5.97 Å². The minimum atomic E-state index is -1.89. The lowest BCUT2D eigenvalue weighted by molar-refractivity contribution is -0.181. The normalized spacial score (nSPS) is 33.0. The number of hydrogen-bond acceptors (Lipinski definition) is 3. The molecule has 0 amide bonds. The molecule has 4 heteroatoms. The van der Waals surface area contributed by atoms with E-state index in [4.69, 9.17) is 5.11 Å². The molecular formula is C9H14O4. The molecule has 1 unspecified atom stereocenters. The van der Waals surface area contributed by atoms with Crippen molar-refractivity contribution in [1.29, 1.82) is 0 Å². The summed E-state index contributed by atoms with van der Waals surface area (Å²) >= 11 is 0. The highest BCUT2D eigenvalue weighted by Gasteiger charge is 2.53. The lowest BCUT2D eigenvalue weighted by Gasteiger charge is -2.42. The highest BCUT2D eigenvalue weighted by molar-refractivity contribution is 5.90. The highest BCUT2D eigenvalue weighted by atomic mass is 16.4. The van der Waals surface area contributed by atoms with Gasteiger partial charge in [0, 0.05) is 18.3 Å². The van der Waals surface area contributed by atoms with Crippen LogP contribution in [0.1, 0.15) is 33.1 Å². The molecule has 1 rings (SSSR count). The molecule has 1 aliphatic carbocycles. The number of ketones is 1. The van der Waals surface area contributed by atoms with Crippen molar-refractivity contribution in [2.45, 2.75) is 38.7 Å². The van der Waals surface area contributed by atoms with E-state index in [1.54, 1.807) is 13.8 Å². The minimum Gasteiger partial charge on any atom is -0.479 e. The van der Waals surface area contributed by atoms with E-state index in [1.165, 1.54) is 0 Å². The molecular weight excluding hydrogens is 172 g/mol. The van der Waals surface area contributed by atoms with Crippen LogP contribution < -0.4 is 0 Å². The van der Waals surface area contributed by atoms with Crippen LogP contribution in [-0.4, -0.2) is 27.6 Å². The van der Waals surface area contributed by atoms with Crippen LogP contribution in [0, 0.1) is 5.41 Å². The van der Waals surface area contributed by atoms with E-state index in [-0.39, 0.29) is 12.2 Å². The number of carboxylic acids is 1. The Balaban J connectivity index is 3.02. The van der Waals surface area contributed by atoms with Crippen LogP contribution >= 0.6 is 0 Å². The van der Waals surface area contributed by atoms with Gasteiger partial charge in [-0.2, -0.15) is 0 Å². The van der Waals surface area contributed by atoms with Gasteiger partial charge in [0.25, 0.3) is 0 Å². The highest BCUT2D eigenvalue weighted by Crippen LogP contribution is 2.42. The summed E-state index contributed by atoms with van der Waals surface area (Å²) in [4.78, 5) is 21.9. The topological polar surface area (TPSA) is 74.6 Å². The van der Waals surface area contributed by atoms with Crippen molar-refractivity contribution < 1.29 is 19.8 Å². The van der Waals surface area contributed by atoms with E-state index in [0.717, 1.165) is 0 Å². The fourth-order valence-corrected chi connectivity index (χ4v) is 1.64. The predicted molar refractivity (Wildman–Crippen MR) is 45.2 cm³/mol. The average molecular weight is 186 g/mol. The van der Waals surface area contributed by atoms with Gasteiger partial charge in [0.1, 0.15) is 5.78 Å². The van der Waals surface area contributed by atoms with E-state index in [0.29, 0.717) is 12.8 Å². The second-order valence-electron chi connectivity index (χ2n) is 4.26. The summed E-state index contributed by atoms with van der Waals surface area (Å²) < 4.78 is 0. The number of aliphatic hydroxyl groups is 1. The first-order valence-corrected chi connectivity index (χ1v) is 4.27. The minimum absolute atomic E-state index is 0.177. The van der Waals surface area contributed by atoms with E-state index in [9.17, 15) is 14.7 Å². The van der Waals surface area contributed by atoms with Crippen LogP contribution in [0.4, 0.5) is 0 Å². The van der Waals surface area contributed by atoms with Gasteiger partial charge in [-0.3, -0.25) is 4.79 Å². The number of Topliss-reactive ketones (excluding diaryl/α,β-unsaturated/α-hetero) is 1. The van der Waals surface area contributed by atoms with Gasteiger partial charge in [0.2, 0.25) is 0 Å². The van der Waals surface area contributed by atoms with Crippen molar-refractivity contribution in [2.75, 3.05) is 0 Å². The molecule has 0 aromatic carbocycles. The molecule has 0 aromatic rings. The van der Waals surface area contributed by atoms with Gasteiger partial charge in [-0.15, -0.1) is 0 Å². The molecule has 0 heterocycles. The van der Waals surface area contributed by atoms with Crippen LogP contribution in [0.2, 0.25) is 0 Å². The summed E-state index contributed by atoms with van der Waals surface area (Å²) in [6, 6.07) is 0. The van der Waals surface area contributed by atoms with Gasteiger partial charge < -0.3 is 10.2 Å². The predicted octanol–water partition coefficient (Wildman–Crippen LogP) is 0.581. The van der Waals surface area contributed by atoms with Crippen LogP contribution in [0.3, 0.4) is 0 Å². The standard InChI is InChI=1S/C9H14O4/c1-8(2)4-3-6(10)5-9(8,13)7(11)12/h13H,3-5H2,1-2H3,(H,11,12). The number of rotatable bonds is 1. The summed E-state index contributed by atoms with van der Waals surface area (Å²) in [5.41, 5.74) is -2.62. The average Bonchev–Trinajstić information content (AvgIpc) is 1.98. The van der Waals surface area contributed by atoms with Crippen LogP contribution in [0.15, 0.2) is 0 Å². The zero-order valence-electron chi connectivity index (χ0n) is 7.83. The first-order chi connectivity index (χ1) is 5.79. The Morgan fingerprint density at radius 1 is 1.46 bits per heavy atom. The molecule has 1 atom stereocenters. The maximum absolute atomic E-state index is 11.0. The lowest BCUT2D eigenvalue weighted by Crippen LogP contribution is -2.55. The number of carbonyl (C=O) groups is 2. The van der Waals surface area contributed by atoms with Crippen molar-refractivity contribution >= 4 is 11.8 Å². The maximum Gasteiger partial charge on any atom is 0.336 e. The van der Waals surface area contributed by atoms with Crippen LogP contribution in [0.5, 0.6) is 0 Å². The number of carbonyl (C=O) groups excluding carboxylic acids is 1. The second-order valence-corrected chi connectivity index (χ2v) is 4.26. The molecule has 0 saturated heterocycles. The molecule has 1 saturated carbocycles. The van der Waals surface area contributed by atoms with Crippen LogP contribution in [-0.2, 0) is 9.59 Å². The zero-order chi connectivity index (χ0) is 10.3. The van der Waals surface area contributed by atoms with Gasteiger partial charge in [-0.25, -0.2) is 4.79 Å². The van der Waals surface area contributed by atoms with Crippen molar-refractivity contribution in [1.82, 2.24) is 0 Å². The maximum atomic E-state index is 11.0. The second kappa shape index (κ2) is 2.80. The third-order valence-electron chi connectivity index (χ3n) is 2.96. The zero-order valence-corrected chi connectivity index (χ0v) is 7.83. The Bertz CT molecular complexity index is 256. The Hall–Kier alpha value is -0.900. The monoisotopic (exact) mass is 186 g/mol. The van der Waals surface area contributed by atoms with E-state index in [2.05, 4.69) is 0 Å². The fourth-order valence-electron chi connectivity index (χ4n) is 1.64. The summed E-state index contributed by atoms with van der Waals surface area (Å²) in [6.45, 7) is 3.35. The van der Waals surface area contributed by atoms with Crippen molar-refractivity contribution in [3.8, 4) is 0 Å². The summed E-state index contributed by atoms with van der Waals surface area (Å²) in [7, 11) is 0. The van der Waals surface area contributed by atoms with E-state index < -0.39 is 17.0 Å². The van der Waals surface area contributed by atoms with Crippen molar-refractivity contribution in [3.05, 3.63) is 0 Å². The number of aliphatic carboxylic acids is 1. The van der Waals surface area contributed by atoms with Crippen molar-refractivity contribution in [2.24, 2.45) is 5.41 Å². The van der Waals surface area contributed by atoms with Gasteiger partial charge in [0.05, 0.1) is 0 Å². The molecule has 0 radical (unpaired) electrons. The number of carboxylic acid groups (broad SMARTS) is 1. The van der Waals surface area contributed by atoms with Gasteiger partial charge in [-0.05, 0) is 6.42 Å².